The third kappa shape index (κ3) is 4.75. The maximum absolute atomic E-state index is 4.65. The molecule has 1 unspecified atom stereocenters. The van der Waals surface area contributed by atoms with Crippen molar-refractivity contribution in [3.05, 3.63) is 11.4 Å². The molecule has 0 saturated heterocycles. The average Bonchev–Trinajstić information content (AvgIpc) is 2.60. The molecule has 0 spiro atoms. The molecule has 92 valence electrons. The molecule has 0 bridgehead atoms. The number of hydrogen-bond donors (Lipinski definition) is 1. The van der Waals surface area contributed by atoms with Gasteiger partial charge >= 0.3 is 0 Å². The molecule has 0 aliphatic heterocycles. The normalized spacial score (nSPS) is 13.3. The molecule has 0 aromatic carbocycles. The Kier molecular flexibility index (Phi) is 5.46. The molecule has 16 heavy (non-hydrogen) atoms. The summed E-state index contributed by atoms with van der Waals surface area (Å²) in [4.78, 5) is 0. The summed E-state index contributed by atoms with van der Waals surface area (Å²) in [5, 5.41) is 11.0. The van der Waals surface area contributed by atoms with Crippen LogP contribution in [0.2, 0.25) is 0 Å². The SMILES string of the molecule is Cc1nonc1CNC(C)CCCC(C)C. The molecule has 0 aliphatic rings. The quantitative estimate of drug-likeness (QED) is 0.775. The zero-order chi connectivity index (χ0) is 12.0. The van der Waals surface area contributed by atoms with Gasteiger partial charge < -0.3 is 5.32 Å². The zero-order valence-corrected chi connectivity index (χ0v) is 10.8. The second kappa shape index (κ2) is 6.63. The topological polar surface area (TPSA) is 51.0 Å². The third-order valence-corrected chi connectivity index (χ3v) is 2.78. The highest BCUT2D eigenvalue weighted by Gasteiger charge is 2.07. The fourth-order valence-corrected chi connectivity index (χ4v) is 1.62. The van der Waals surface area contributed by atoms with Crippen LogP contribution in [0, 0.1) is 12.8 Å². The van der Waals surface area contributed by atoms with E-state index in [0.29, 0.717) is 6.04 Å². The van der Waals surface area contributed by atoms with Gasteiger partial charge in [-0.15, -0.1) is 0 Å². The van der Waals surface area contributed by atoms with Crippen LogP contribution in [0.15, 0.2) is 4.63 Å². The van der Waals surface area contributed by atoms with Crippen molar-refractivity contribution in [2.24, 2.45) is 5.92 Å². The monoisotopic (exact) mass is 225 g/mol. The molecule has 1 aromatic heterocycles. The van der Waals surface area contributed by atoms with Gasteiger partial charge in [-0.1, -0.05) is 37.0 Å². The number of aryl methyl sites for hydroxylation is 1. The molecule has 4 nitrogen and oxygen atoms in total. The number of hydrogen-bond acceptors (Lipinski definition) is 4. The van der Waals surface area contributed by atoms with Crippen molar-refractivity contribution >= 4 is 0 Å². The van der Waals surface area contributed by atoms with Gasteiger partial charge in [0.15, 0.2) is 0 Å². The van der Waals surface area contributed by atoms with Crippen LogP contribution in [0.3, 0.4) is 0 Å². The smallest absolute Gasteiger partial charge is 0.121 e. The molecule has 1 atom stereocenters. The van der Waals surface area contributed by atoms with E-state index >= 15 is 0 Å². The third-order valence-electron chi connectivity index (χ3n) is 2.78. The summed E-state index contributed by atoms with van der Waals surface area (Å²) >= 11 is 0. The molecule has 0 amide bonds. The molecule has 0 fully saturated rings. The fraction of sp³-hybridized carbons (Fsp3) is 0.833. The fourth-order valence-electron chi connectivity index (χ4n) is 1.62. The summed E-state index contributed by atoms with van der Waals surface area (Å²) in [5.41, 5.74) is 1.79. The summed E-state index contributed by atoms with van der Waals surface area (Å²) in [6, 6.07) is 0.523. The van der Waals surface area contributed by atoms with Crippen molar-refractivity contribution in [2.75, 3.05) is 0 Å². The van der Waals surface area contributed by atoms with Crippen molar-refractivity contribution in [3.63, 3.8) is 0 Å². The van der Waals surface area contributed by atoms with E-state index in [1.165, 1.54) is 19.3 Å². The van der Waals surface area contributed by atoms with E-state index in [4.69, 9.17) is 0 Å². The Bertz CT molecular complexity index is 296. The first-order valence-electron chi connectivity index (χ1n) is 6.11. The van der Waals surface area contributed by atoms with Gasteiger partial charge in [0.25, 0.3) is 0 Å². The predicted octanol–water partition coefficient (Wildman–Crippen LogP) is 2.68. The van der Waals surface area contributed by atoms with Crippen molar-refractivity contribution in [1.82, 2.24) is 15.6 Å². The molecule has 1 heterocycles. The zero-order valence-electron chi connectivity index (χ0n) is 10.8. The Morgan fingerprint density at radius 2 is 1.94 bits per heavy atom. The summed E-state index contributed by atoms with van der Waals surface area (Å²) in [6.07, 6.45) is 3.79. The molecular weight excluding hydrogens is 202 g/mol. The van der Waals surface area contributed by atoms with Crippen molar-refractivity contribution < 1.29 is 4.63 Å². The first kappa shape index (κ1) is 13.2. The van der Waals surface area contributed by atoms with Crippen LogP contribution in [0.25, 0.3) is 0 Å². The molecule has 1 rings (SSSR count). The Labute approximate surface area is 97.8 Å². The summed E-state index contributed by atoms with van der Waals surface area (Å²) in [7, 11) is 0. The molecule has 1 N–H and O–H groups in total. The minimum Gasteiger partial charge on any atom is -0.308 e. The largest absolute Gasteiger partial charge is 0.308 e. The lowest BCUT2D eigenvalue weighted by atomic mass is 10.0. The van der Waals surface area contributed by atoms with Crippen LogP contribution in [0.1, 0.15) is 51.4 Å². The highest BCUT2D eigenvalue weighted by atomic mass is 16.6. The van der Waals surface area contributed by atoms with E-state index in [1.54, 1.807) is 0 Å². The van der Waals surface area contributed by atoms with E-state index in [-0.39, 0.29) is 0 Å². The summed E-state index contributed by atoms with van der Waals surface area (Å²) in [6.45, 7) is 9.41. The minimum atomic E-state index is 0.523. The first-order valence-corrected chi connectivity index (χ1v) is 6.11. The van der Waals surface area contributed by atoms with Crippen LogP contribution < -0.4 is 5.32 Å². The molecule has 4 heteroatoms. The van der Waals surface area contributed by atoms with Crippen LogP contribution in [0.4, 0.5) is 0 Å². The lowest BCUT2D eigenvalue weighted by Crippen LogP contribution is -2.25. The van der Waals surface area contributed by atoms with Gasteiger partial charge in [0.05, 0.1) is 0 Å². The molecule has 0 aliphatic carbocycles. The van der Waals surface area contributed by atoms with Crippen molar-refractivity contribution in [3.8, 4) is 0 Å². The lowest BCUT2D eigenvalue weighted by molar-refractivity contribution is 0.299. The summed E-state index contributed by atoms with van der Waals surface area (Å²) < 4.78 is 4.65. The van der Waals surface area contributed by atoms with Gasteiger partial charge in [0, 0.05) is 12.6 Å². The van der Waals surface area contributed by atoms with Crippen molar-refractivity contribution in [1.29, 1.82) is 0 Å². The first-order chi connectivity index (χ1) is 7.59. The second-order valence-electron chi connectivity index (χ2n) is 4.90. The molecule has 0 radical (unpaired) electrons. The molecule has 0 saturated carbocycles. The highest BCUT2D eigenvalue weighted by Crippen LogP contribution is 2.09. The van der Waals surface area contributed by atoms with E-state index in [1.807, 2.05) is 6.92 Å². The Morgan fingerprint density at radius 1 is 1.19 bits per heavy atom. The van der Waals surface area contributed by atoms with E-state index in [2.05, 4.69) is 41.0 Å². The van der Waals surface area contributed by atoms with E-state index in [9.17, 15) is 0 Å². The van der Waals surface area contributed by atoms with Crippen LogP contribution in [0.5, 0.6) is 0 Å². The minimum absolute atomic E-state index is 0.523. The highest BCUT2D eigenvalue weighted by molar-refractivity contribution is 5.03. The van der Waals surface area contributed by atoms with Crippen LogP contribution >= 0.6 is 0 Å². The van der Waals surface area contributed by atoms with Crippen molar-refractivity contribution in [2.45, 2.75) is 59.5 Å². The number of nitrogens with zero attached hydrogens (tertiary/aromatic N) is 2. The average molecular weight is 225 g/mol. The van der Waals surface area contributed by atoms with Gasteiger partial charge in [0.2, 0.25) is 0 Å². The summed E-state index contributed by atoms with van der Waals surface area (Å²) in [5.74, 6) is 0.800. The number of nitrogens with one attached hydrogen (secondary N) is 1. The van der Waals surface area contributed by atoms with Gasteiger partial charge in [-0.3, -0.25) is 0 Å². The second-order valence-corrected chi connectivity index (χ2v) is 4.90. The van der Waals surface area contributed by atoms with Gasteiger partial charge in [-0.2, -0.15) is 0 Å². The Hall–Kier alpha value is -0.900. The lowest BCUT2D eigenvalue weighted by Gasteiger charge is -2.13. The molecular formula is C12H23N3O. The maximum atomic E-state index is 4.65. The van der Waals surface area contributed by atoms with E-state index in [0.717, 1.165) is 23.9 Å². The van der Waals surface area contributed by atoms with Gasteiger partial charge in [0.1, 0.15) is 11.4 Å². The van der Waals surface area contributed by atoms with Gasteiger partial charge in [-0.25, -0.2) is 4.63 Å². The van der Waals surface area contributed by atoms with Crippen LogP contribution in [-0.2, 0) is 6.54 Å². The van der Waals surface area contributed by atoms with Gasteiger partial charge in [-0.05, 0) is 26.2 Å². The van der Waals surface area contributed by atoms with Crippen LogP contribution in [-0.4, -0.2) is 16.4 Å². The standard InChI is InChI=1S/C12H23N3O/c1-9(2)6-5-7-10(3)13-8-12-11(4)14-16-15-12/h9-10,13H,5-8H2,1-4H3. The number of rotatable bonds is 7. The Balaban J connectivity index is 2.15. The number of aromatic nitrogens is 2. The predicted molar refractivity (Wildman–Crippen MR) is 64.0 cm³/mol. The maximum Gasteiger partial charge on any atom is 0.121 e. The Morgan fingerprint density at radius 3 is 2.50 bits per heavy atom. The van der Waals surface area contributed by atoms with E-state index < -0.39 is 0 Å². The molecule has 1 aromatic rings.